The van der Waals surface area contributed by atoms with Crippen LogP contribution in [-0.2, 0) is 12.8 Å². The monoisotopic (exact) mass is 325 g/mol. The van der Waals surface area contributed by atoms with Crippen molar-refractivity contribution < 1.29 is 0 Å². The molecule has 0 bridgehead atoms. The summed E-state index contributed by atoms with van der Waals surface area (Å²) in [6.07, 6.45) is 4.96. The number of benzene rings is 1. The molecule has 0 aliphatic heterocycles. The zero-order valence-electron chi connectivity index (χ0n) is 11.4. The fourth-order valence-electron chi connectivity index (χ4n) is 2.88. The van der Waals surface area contributed by atoms with Crippen LogP contribution in [-0.4, -0.2) is 0 Å². The Morgan fingerprint density at radius 2 is 2.00 bits per heavy atom. The van der Waals surface area contributed by atoms with Gasteiger partial charge in [-0.25, -0.2) is 0 Å². The normalized spacial score (nSPS) is 15.8. The highest BCUT2D eigenvalue weighted by atomic mass is 35.5. The number of halogens is 2. The van der Waals surface area contributed by atoms with Crippen LogP contribution in [0.4, 0.5) is 5.69 Å². The molecule has 1 aromatic carbocycles. The molecule has 0 amide bonds. The van der Waals surface area contributed by atoms with E-state index in [0.29, 0.717) is 0 Å². The lowest BCUT2D eigenvalue weighted by atomic mass is 9.90. The lowest BCUT2D eigenvalue weighted by Crippen LogP contribution is -2.11. The van der Waals surface area contributed by atoms with Gasteiger partial charge in [-0.05, 0) is 55.9 Å². The second kappa shape index (κ2) is 5.97. The van der Waals surface area contributed by atoms with Crippen molar-refractivity contribution in [1.82, 2.24) is 0 Å². The summed E-state index contributed by atoms with van der Waals surface area (Å²) in [5.41, 5.74) is 5.29. The van der Waals surface area contributed by atoms with Gasteiger partial charge in [0.25, 0.3) is 0 Å². The summed E-state index contributed by atoms with van der Waals surface area (Å²) < 4.78 is 1.52. The number of hydrogen-bond acceptors (Lipinski definition) is 2. The van der Waals surface area contributed by atoms with Crippen LogP contribution >= 0.6 is 34.5 Å². The minimum atomic E-state index is 0.166. The Bertz CT molecular complexity index is 621. The molecule has 1 N–H and O–H groups in total. The summed E-state index contributed by atoms with van der Waals surface area (Å²) >= 11 is 13.7. The van der Waals surface area contributed by atoms with Crippen molar-refractivity contribution >= 4 is 40.2 Å². The van der Waals surface area contributed by atoms with Gasteiger partial charge in [0.15, 0.2) is 0 Å². The van der Waals surface area contributed by atoms with Gasteiger partial charge in [-0.15, -0.1) is 11.3 Å². The molecule has 4 heteroatoms. The van der Waals surface area contributed by atoms with Gasteiger partial charge in [0.05, 0.1) is 14.7 Å². The predicted molar refractivity (Wildman–Crippen MR) is 89.5 cm³/mol. The third-order valence-corrected chi connectivity index (χ3v) is 5.44. The van der Waals surface area contributed by atoms with E-state index >= 15 is 0 Å². The van der Waals surface area contributed by atoms with Crippen LogP contribution in [0.2, 0.25) is 8.67 Å². The average molecular weight is 326 g/mol. The molecule has 1 atom stereocenters. The molecule has 0 spiro atoms. The highest BCUT2D eigenvalue weighted by molar-refractivity contribution is 7.20. The van der Waals surface area contributed by atoms with Crippen LogP contribution in [0.15, 0.2) is 24.3 Å². The highest BCUT2D eigenvalue weighted by Crippen LogP contribution is 2.37. The van der Waals surface area contributed by atoms with Crippen LogP contribution in [0.3, 0.4) is 0 Å². The Morgan fingerprint density at radius 3 is 2.75 bits per heavy atom. The third-order valence-electron chi connectivity index (χ3n) is 3.92. The number of rotatable bonds is 3. The predicted octanol–water partition coefficient (Wildman–Crippen LogP) is 6.11. The molecule has 1 unspecified atom stereocenters. The van der Waals surface area contributed by atoms with E-state index < -0.39 is 0 Å². The molecule has 106 valence electrons. The molecule has 1 nitrogen and oxygen atoms in total. The molecule has 0 radical (unpaired) electrons. The van der Waals surface area contributed by atoms with Gasteiger partial charge in [0, 0.05) is 11.3 Å². The quantitative estimate of drug-likeness (QED) is 0.718. The minimum Gasteiger partial charge on any atom is -0.378 e. The zero-order valence-corrected chi connectivity index (χ0v) is 13.7. The Labute approximate surface area is 133 Å². The first-order valence-corrected chi connectivity index (χ1v) is 8.54. The van der Waals surface area contributed by atoms with E-state index in [0.717, 1.165) is 14.2 Å². The molecule has 2 aromatic rings. The molecule has 1 aliphatic rings. The number of nitrogens with one attached hydrogen (secondary N) is 1. The second-order valence-electron chi connectivity index (χ2n) is 5.30. The minimum absolute atomic E-state index is 0.166. The summed E-state index contributed by atoms with van der Waals surface area (Å²) in [4.78, 5) is 0. The molecule has 0 fully saturated rings. The van der Waals surface area contributed by atoms with Gasteiger partial charge in [-0.2, -0.15) is 0 Å². The zero-order chi connectivity index (χ0) is 14.1. The van der Waals surface area contributed by atoms with Gasteiger partial charge in [0.2, 0.25) is 0 Å². The summed E-state index contributed by atoms with van der Waals surface area (Å²) in [5.74, 6) is 0. The van der Waals surface area contributed by atoms with Crippen molar-refractivity contribution in [2.24, 2.45) is 0 Å². The number of aryl methyl sites for hydroxylation is 1. The first-order chi connectivity index (χ1) is 9.65. The lowest BCUT2D eigenvalue weighted by Gasteiger charge is -2.23. The Morgan fingerprint density at radius 1 is 1.20 bits per heavy atom. The molecule has 1 heterocycles. The molecule has 0 saturated heterocycles. The van der Waals surface area contributed by atoms with E-state index in [-0.39, 0.29) is 6.04 Å². The average Bonchev–Trinajstić information content (AvgIpc) is 2.78. The van der Waals surface area contributed by atoms with Crippen LogP contribution in [0.25, 0.3) is 0 Å². The van der Waals surface area contributed by atoms with Crippen molar-refractivity contribution in [2.45, 2.75) is 38.6 Å². The Hall–Kier alpha value is -0.700. The van der Waals surface area contributed by atoms with Crippen molar-refractivity contribution in [3.63, 3.8) is 0 Å². The number of anilines is 1. The van der Waals surface area contributed by atoms with Crippen LogP contribution in [0, 0.1) is 0 Å². The SMILES string of the molecule is CC(Nc1cccc2c1CCCC2)c1cc(Cl)sc1Cl. The summed E-state index contributed by atoms with van der Waals surface area (Å²) in [7, 11) is 0. The first kappa shape index (κ1) is 14.2. The first-order valence-electron chi connectivity index (χ1n) is 6.97. The van der Waals surface area contributed by atoms with Crippen molar-refractivity contribution in [3.8, 4) is 0 Å². The molecule has 0 saturated carbocycles. The van der Waals surface area contributed by atoms with Crippen LogP contribution < -0.4 is 5.32 Å². The molecular weight excluding hydrogens is 309 g/mol. The van der Waals surface area contributed by atoms with Crippen molar-refractivity contribution in [1.29, 1.82) is 0 Å². The van der Waals surface area contributed by atoms with Gasteiger partial charge in [-0.1, -0.05) is 35.3 Å². The van der Waals surface area contributed by atoms with Gasteiger partial charge in [0.1, 0.15) is 0 Å². The molecule has 1 aromatic heterocycles. The third kappa shape index (κ3) is 2.83. The van der Waals surface area contributed by atoms with Crippen LogP contribution in [0.5, 0.6) is 0 Å². The number of hydrogen-bond donors (Lipinski definition) is 1. The van der Waals surface area contributed by atoms with Gasteiger partial charge < -0.3 is 5.32 Å². The van der Waals surface area contributed by atoms with Crippen molar-refractivity contribution in [2.75, 3.05) is 5.32 Å². The van der Waals surface area contributed by atoms with Gasteiger partial charge >= 0.3 is 0 Å². The van der Waals surface area contributed by atoms with Crippen molar-refractivity contribution in [3.05, 3.63) is 49.6 Å². The van der Waals surface area contributed by atoms with Gasteiger partial charge in [-0.3, -0.25) is 0 Å². The van der Waals surface area contributed by atoms with E-state index in [2.05, 4.69) is 30.4 Å². The van der Waals surface area contributed by atoms with E-state index in [9.17, 15) is 0 Å². The lowest BCUT2D eigenvalue weighted by molar-refractivity contribution is 0.685. The maximum absolute atomic E-state index is 6.24. The topological polar surface area (TPSA) is 12.0 Å². The fraction of sp³-hybridized carbons (Fsp3) is 0.375. The molecule has 20 heavy (non-hydrogen) atoms. The highest BCUT2D eigenvalue weighted by Gasteiger charge is 2.17. The van der Waals surface area contributed by atoms with Crippen LogP contribution in [0.1, 0.15) is 42.5 Å². The Balaban J connectivity index is 1.86. The summed E-state index contributed by atoms with van der Waals surface area (Å²) in [5, 5.41) is 3.60. The second-order valence-corrected chi connectivity index (χ2v) is 7.58. The molecule has 1 aliphatic carbocycles. The van der Waals surface area contributed by atoms with E-state index in [4.69, 9.17) is 23.2 Å². The summed E-state index contributed by atoms with van der Waals surface area (Å²) in [6, 6.07) is 8.68. The Kier molecular flexibility index (Phi) is 4.25. The number of fused-ring (bicyclic) bond motifs is 1. The van der Waals surface area contributed by atoms with E-state index in [1.165, 1.54) is 53.8 Å². The van der Waals surface area contributed by atoms with E-state index in [1.807, 2.05) is 6.07 Å². The molecular formula is C16H17Cl2NS. The standard InChI is InChI=1S/C16H17Cl2NS/c1-10(13-9-15(17)20-16(13)18)19-14-8-4-6-11-5-2-3-7-12(11)14/h4,6,8-10,19H,2-3,5,7H2,1H3. The smallest absolute Gasteiger partial charge is 0.0996 e. The van der Waals surface area contributed by atoms with E-state index in [1.54, 1.807) is 0 Å². The maximum Gasteiger partial charge on any atom is 0.0996 e. The molecule has 3 rings (SSSR count). The number of thiophene rings is 1. The maximum atomic E-state index is 6.24. The summed E-state index contributed by atoms with van der Waals surface area (Å²) in [6.45, 7) is 2.13. The fourth-order valence-corrected chi connectivity index (χ4v) is 4.52. The largest absolute Gasteiger partial charge is 0.378 e.